The number of hydrogen-bond acceptors (Lipinski definition) is 5. The lowest BCUT2D eigenvalue weighted by Crippen LogP contribution is -2.12. The van der Waals surface area contributed by atoms with Crippen molar-refractivity contribution in [2.24, 2.45) is 0 Å². The van der Waals surface area contributed by atoms with Crippen molar-refractivity contribution in [3.63, 3.8) is 0 Å². The number of rotatable bonds is 4. The van der Waals surface area contributed by atoms with E-state index in [1.165, 1.54) is 0 Å². The number of nitrogens with zero attached hydrogens (tertiary/aromatic N) is 2. The highest BCUT2D eigenvalue weighted by atomic mass is 19.4. The third kappa shape index (κ3) is 3.26. The van der Waals surface area contributed by atoms with Crippen LogP contribution in [0.25, 0.3) is 11.0 Å². The second-order valence-corrected chi connectivity index (χ2v) is 4.23. The van der Waals surface area contributed by atoms with E-state index in [2.05, 4.69) is 9.97 Å². The fourth-order valence-electron chi connectivity index (χ4n) is 1.78. The quantitative estimate of drug-likeness (QED) is 0.811. The maximum Gasteiger partial charge on any atom is 0.416 e. The normalized spacial score (nSPS) is 11.5. The molecule has 0 bridgehead atoms. The van der Waals surface area contributed by atoms with Crippen molar-refractivity contribution in [3.8, 4) is 5.88 Å². The standard InChI is InChI=1S/C14H13F3N2O3/c1-3-21-12-11(13(20)22-4-2)18-9-6-5-8(14(15,16)17)7-10(9)19-12/h5-7H,3-4H2,1-2H3. The first-order valence-corrected chi connectivity index (χ1v) is 6.55. The Balaban J connectivity index is 2.58. The minimum absolute atomic E-state index is 0.00803. The average molecular weight is 314 g/mol. The van der Waals surface area contributed by atoms with Crippen molar-refractivity contribution in [1.29, 1.82) is 0 Å². The molecule has 1 aromatic carbocycles. The molecule has 0 N–H and O–H groups in total. The van der Waals surface area contributed by atoms with Gasteiger partial charge in [-0.25, -0.2) is 14.8 Å². The number of carbonyl (C=O) groups excluding carboxylic acids is 1. The van der Waals surface area contributed by atoms with Gasteiger partial charge < -0.3 is 9.47 Å². The van der Waals surface area contributed by atoms with Crippen LogP contribution in [0, 0.1) is 0 Å². The Hall–Kier alpha value is -2.38. The largest absolute Gasteiger partial charge is 0.476 e. The third-order valence-corrected chi connectivity index (χ3v) is 2.71. The fraction of sp³-hybridized carbons (Fsp3) is 0.357. The summed E-state index contributed by atoms with van der Waals surface area (Å²) in [6.45, 7) is 3.61. The molecule has 0 saturated carbocycles. The zero-order chi connectivity index (χ0) is 16.3. The minimum atomic E-state index is -4.48. The van der Waals surface area contributed by atoms with Gasteiger partial charge in [-0.15, -0.1) is 0 Å². The second-order valence-electron chi connectivity index (χ2n) is 4.23. The van der Waals surface area contributed by atoms with Crippen LogP contribution < -0.4 is 4.74 Å². The molecule has 118 valence electrons. The molecule has 0 fully saturated rings. The summed E-state index contributed by atoms with van der Waals surface area (Å²) >= 11 is 0. The SMILES string of the molecule is CCOC(=O)c1nc2ccc(C(F)(F)F)cc2nc1OCC. The Bertz CT molecular complexity index is 702. The first-order valence-electron chi connectivity index (χ1n) is 6.55. The van der Waals surface area contributed by atoms with E-state index in [-0.39, 0.29) is 35.8 Å². The minimum Gasteiger partial charge on any atom is -0.476 e. The van der Waals surface area contributed by atoms with Crippen LogP contribution in [0.4, 0.5) is 13.2 Å². The summed E-state index contributed by atoms with van der Waals surface area (Å²) in [4.78, 5) is 19.8. The maximum atomic E-state index is 12.7. The zero-order valence-corrected chi connectivity index (χ0v) is 11.9. The highest BCUT2D eigenvalue weighted by molar-refractivity contribution is 5.92. The Morgan fingerprint density at radius 2 is 1.86 bits per heavy atom. The fourth-order valence-corrected chi connectivity index (χ4v) is 1.78. The number of hydrogen-bond donors (Lipinski definition) is 0. The van der Waals surface area contributed by atoms with Crippen LogP contribution in [0.2, 0.25) is 0 Å². The first-order chi connectivity index (χ1) is 10.4. The van der Waals surface area contributed by atoms with E-state index in [9.17, 15) is 18.0 Å². The molecule has 1 heterocycles. The third-order valence-electron chi connectivity index (χ3n) is 2.71. The molecule has 5 nitrogen and oxygen atoms in total. The predicted molar refractivity (Wildman–Crippen MR) is 71.7 cm³/mol. The van der Waals surface area contributed by atoms with Gasteiger partial charge in [-0.3, -0.25) is 0 Å². The molecular formula is C14H13F3N2O3. The molecule has 0 amide bonds. The first kappa shape index (κ1) is 16.0. The van der Waals surface area contributed by atoms with E-state index < -0.39 is 17.7 Å². The van der Waals surface area contributed by atoms with Gasteiger partial charge in [0.05, 0.1) is 29.8 Å². The number of fused-ring (bicyclic) bond motifs is 1. The molecule has 0 radical (unpaired) electrons. The number of esters is 1. The van der Waals surface area contributed by atoms with Crippen molar-refractivity contribution >= 4 is 17.0 Å². The molecule has 0 unspecified atom stereocenters. The molecule has 0 aliphatic rings. The van der Waals surface area contributed by atoms with Gasteiger partial charge in [0.1, 0.15) is 0 Å². The Morgan fingerprint density at radius 1 is 1.14 bits per heavy atom. The van der Waals surface area contributed by atoms with Gasteiger partial charge in [0.15, 0.2) is 0 Å². The van der Waals surface area contributed by atoms with Crippen molar-refractivity contribution in [2.75, 3.05) is 13.2 Å². The Morgan fingerprint density at radius 3 is 2.45 bits per heavy atom. The lowest BCUT2D eigenvalue weighted by atomic mass is 10.2. The highest BCUT2D eigenvalue weighted by Gasteiger charge is 2.31. The summed E-state index contributed by atoms with van der Waals surface area (Å²) in [7, 11) is 0. The van der Waals surface area contributed by atoms with Crippen LogP contribution in [0.1, 0.15) is 29.9 Å². The number of alkyl halides is 3. The summed E-state index contributed by atoms with van der Waals surface area (Å²) in [6.07, 6.45) is -4.48. The number of ether oxygens (including phenoxy) is 2. The molecule has 0 spiro atoms. The van der Waals surface area contributed by atoms with Crippen LogP contribution in [0.3, 0.4) is 0 Å². The Kier molecular flexibility index (Phi) is 4.48. The van der Waals surface area contributed by atoms with Crippen LogP contribution >= 0.6 is 0 Å². The summed E-state index contributed by atoms with van der Waals surface area (Å²) in [5, 5.41) is 0. The van der Waals surface area contributed by atoms with E-state index in [4.69, 9.17) is 9.47 Å². The molecule has 1 aromatic heterocycles. The van der Waals surface area contributed by atoms with Gasteiger partial charge in [0, 0.05) is 0 Å². The molecular weight excluding hydrogens is 301 g/mol. The molecule has 2 aromatic rings. The second kappa shape index (κ2) is 6.17. The lowest BCUT2D eigenvalue weighted by Gasteiger charge is -2.11. The molecule has 0 aliphatic carbocycles. The Labute approximate surface area is 124 Å². The predicted octanol–water partition coefficient (Wildman–Crippen LogP) is 3.22. The summed E-state index contributed by atoms with van der Waals surface area (Å²) in [6, 6.07) is 2.90. The van der Waals surface area contributed by atoms with Crippen molar-refractivity contribution in [3.05, 3.63) is 29.5 Å². The summed E-state index contributed by atoms with van der Waals surface area (Å²) < 4.78 is 48.2. The van der Waals surface area contributed by atoms with Crippen LogP contribution in [0.5, 0.6) is 5.88 Å². The number of aromatic nitrogens is 2. The molecule has 2 rings (SSSR count). The van der Waals surface area contributed by atoms with E-state index in [0.717, 1.165) is 18.2 Å². The van der Waals surface area contributed by atoms with Gasteiger partial charge in [-0.2, -0.15) is 13.2 Å². The van der Waals surface area contributed by atoms with Crippen LogP contribution in [0.15, 0.2) is 18.2 Å². The van der Waals surface area contributed by atoms with Crippen LogP contribution in [-0.2, 0) is 10.9 Å². The molecule has 0 aliphatic heterocycles. The number of benzene rings is 1. The van der Waals surface area contributed by atoms with Gasteiger partial charge in [0.2, 0.25) is 11.6 Å². The van der Waals surface area contributed by atoms with Crippen molar-refractivity contribution < 1.29 is 27.4 Å². The maximum absolute atomic E-state index is 12.7. The number of halogens is 3. The van der Waals surface area contributed by atoms with E-state index in [0.29, 0.717) is 0 Å². The monoisotopic (exact) mass is 314 g/mol. The molecule has 22 heavy (non-hydrogen) atoms. The van der Waals surface area contributed by atoms with Crippen molar-refractivity contribution in [1.82, 2.24) is 9.97 Å². The zero-order valence-electron chi connectivity index (χ0n) is 11.9. The van der Waals surface area contributed by atoms with E-state index in [1.54, 1.807) is 13.8 Å². The molecule has 0 saturated heterocycles. The van der Waals surface area contributed by atoms with Crippen molar-refractivity contribution in [2.45, 2.75) is 20.0 Å². The van der Waals surface area contributed by atoms with Gasteiger partial charge in [-0.05, 0) is 32.0 Å². The summed E-state index contributed by atoms with van der Waals surface area (Å²) in [5.74, 6) is -0.881. The van der Waals surface area contributed by atoms with Gasteiger partial charge >= 0.3 is 12.1 Å². The van der Waals surface area contributed by atoms with Gasteiger partial charge in [0.25, 0.3) is 0 Å². The summed E-state index contributed by atoms with van der Waals surface area (Å²) in [5.41, 5.74) is -0.859. The highest BCUT2D eigenvalue weighted by Crippen LogP contribution is 2.31. The number of carbonyl (C=O) groups is 1. The van der Waals surface area contributed by atoms with Crippen LogP contribution in [-0.4, -0.2) is 29.2 Å². The molecule has 0 atom stereocenters. The smallest absolute Gasteiger partial charge is 0.416 e. The van der Waals surface area contributed by atoms with E-state index >= 15 is 0 Å². The lowest BCUT2D eigenvalue weighted by molar-refractivity contribution is -0.137. The topological polar surface area (TPSA) is 61.3 Å². The van der Waals surface area contributed by atoms with Gasteiger partial charge in [-0.1, -0.05) is 0 Å². The van der Waals surface area contributed by atoms with E-state index in [1.807, 2.05) is 0 Å². The molecule has 8 heteroatoms. The average Bonchev–Trinajstić information content (AvgIpc) is 2.45.